The lowest BCUT2D eigenvalue weighted by molar-refractivity contribution is -0.117. The van der Waals surface area contributed by atoms with E-state index >= 15 is 0 Å². The highest BCUT2D eigenvalue weighted by atomic mass is 16.1. The van der Waals surface area contributed by atoms with Crippen LogP contribution in [0.25, 0.3) is 0 Å². The molecule has 0 saturated heterocycles. The van der Waals surface area contributed by atoms with Crippen molar-refractivity contribution in [2.45, 2.75) is 58.4 Å². The number of nitrogens with zero attached hydrogens (tertiary/aromatic N) is 3. The molecule has 1 amide bonds. The topological polar surface area (TPSA) is 59.8 Å². The molecule has 2 fully saturated rings. The Bertz CT molecular complexity index is 502. The lowest BCUT2D eigenvalue weighted by Gasteiger charge is -2.23. The van der Waals surface area contributed by atoms with Gasteiger partial charge >= 0.3 is 0 Å². The summed E-state index contributed by atoms with van der Waals surface area (Å²) in [7, 11) is 0. The number of fused-ring (bicyclic) bond motifs is 2. The van der Waals surface area contributed by atoms with Gasteiger partial charge in [0.05, 0.1) is 5.54 Å². The minimum absolute atomic E-state index is 0.0843. The maximum absolute atomic E-state index is 12.2. The highest BCUT2D eigenvalue weighted by Gasteiger charge is 2.40. The molecule has 110 valence electrons. The van der Waals surface area contributed by atoms with Crippen molar-refractivity contribution in [2.24, 2.45) is 17.8 Å². The van der Waals surface area contributed by atoms with Crippen molar-refractivity contribution in [1.82, 2.24) is 14.8 Å². The Labute approximate surface area is 120 Å². The number of hydrogen-bond acceptors (Lipinski definition) is 3. The molecule has 1 aromatic heterocycles. The van der Waals surface area contributed by atoms with E-state index in [4.69, 9.17) is 0 Å². The van der Waals surface area contributed by atoms with Crippen LogP contribution >= 0.6 is 0 Å². The molecule has 1 aromatic rings. The van der Waals surface area contributed by atoms with Crippen LogP contribution in [0.4, 0.5) is 5.95 Å². The first kappa shape index (κ1) is 13.6. The molecule has 2 aliphatic rings. The van der Waals surface area contributed by atoms with Gasteiger partial charge in [-0.15, -0.1) is 0 Å². The molecule has 0 aliphatic heterocycles. The van der Waals surface area contributed by atoms with Crippen molar-refractivity contribution in [1.29, 1.82) is 0 Å². The minimum atomic E-state index is -0.175. The van der Waals surface area contributed by atoms with Crippen LogP contribution in [0, 0.1) is 17.8 Å². The van der Waals surface area contributed by atoms with E-state index in [1.807, 2.05) is 20.8 Å². The van der Waals surface area contributed by atoms with Crippen LogP contribution in [0.5, 0.6) is 0 Å². The fourth-order valence-corrected chi connectivity index (χ4v) is 3.86. The minimum Gasteiger partial charge on any atom is -0.295 e. The van der Waals surface area contributed by atoms with Crippen LogP contribution < -0.4 is 5.32 Å². The molecule has 1 heterocycles. The standard InChI is InChI=1S/C15H24N4O/c1-15(2,3)19-14(16-9-17-19)18-13(20)8-12-7-10-4-5-11(12)6-10/h9-12H,4-8H2,1-3H3,(H,16,17,18,20). The van der Waals surface area contributed by atoms with E-state index in [0.29, 0.717) is 18.3 Å². The third-order valence-corrected chi connectivity index (χ3v) is 4.77. The van der Waals surface area contributed by atoms with Crippen LogP contribution in [0.1, 0.15) is 52.9 Å². The fraction of sp³-hybridized carbons (Fsp3) is 0.800. The summed E-state index contributed by atoms with van der Waals surface area (Å²) in [5.41, 5.74) is -0.175. The summed E-state index contributed by atoms with van der Waals surface area (Å²) in [4.78, 5) is 16.4. The molecule has 0 aromatic carbocycles. The molecule has 3 atom stereocenters. The van der Waals surface area contributed by atoms with Gasteiger partial charge in [-0.2, -0.15) is 10.1 Å². The molecule has 1 N–H and O–H groups in total. The zero-order valence-electron chi connectivity index (χ0n) is 12.6. The van der Waals surface area contributed by atoms with Crippen LogP contribution in [0.3, 0.4) is 0 Å². The Morgan fingerprint density at radius 2 is 2.20 bits per heavy atom. The predicted molar refractivity (Wildman–Crippen MR) is 77.2 cm³/mol. The van der Waals surface area contributed by atoms with Gasteiger partial charge in [0.25, 0.3) is 0 Å². The Kier molecular flexibility index (Phi) is 3.30. The van der Waals surface area contributed by atoms with Gasteiger partial charge in [0.1, 0.15) is 6.33 Å². The summed E-state index contributed by atoms with van der Waals surface area (Å²) in [6.45, 7) is 6.15. The quantitative estimate of drug-likeness (QED) is 0.923. The van der Waals surface area contributed by atoms with Crippen molar-refractivity contribution in [3.63, 3.8) is 0 Å². The monoisotopic (exact) mass is 276 g/mol. The lowest BCUT2D eigenvalue weighted by atomic mass is 9.86. The molecule has 3 rings (SSSR count). The fourth-order valence-electron chi connectivity index (χ4n) is 3.86. The molecule has 2 bridgehead atoms. The summed E-state index contributed by atoms with van der Waals surface area (Å²) in [5.74, 6) is 2.90. The van der Waals surface area contributed by atoms with E-state index in [1.54, 1.807) is 4.68 Å². The highest BCUT2D eigenvalue weighted by Crippen LogP contribution is 2.49. The molecule has 3 unspecified atom stereocenters. The average molecular weight is 276 g/mol. The number of aromatic nitrogens is 3. The summed E-state index contributed by atoms with van der Waals surface area (Å²) < 4.78 is 1.77. The van der Waals surface area contributed by atoms with E-state index in [1.165, 1.54) is 32.0 Å². The van der Waals surface area contributed by atoms with Gasteiger partial charge in [-0.05, 0) is 57.8 Å². The molecule has 5 heteroatoms. The Balaban J connectivity index is 1.61. The van der Waals surface area contributed by atoms with Gasteiger partial charge in [0, 0.05) is 6.42 Å². The summed E-state index contributed by atoms with van der Waals surface area (Å²) in [6, 6.07) is 0. The van der Waals surface area contributed by atoms with E-state index in [2.05, 4.69) is 15.4 Å². The highest BCUT2D eigenvalue weighted by molar-refractivity contribution is 5.89. The molecule has 20 heavy (non-hydrogen) atoms. The lowest BCUT2D eigenvalue weighted by Crippen LogP contribution is -2.28. The summed E-state index contributed by atoms with van der Waals surface area (Å²) in [6.07, 6.45) is 7.42. The van der Waals surface area contributed by atoms with Crippen molar-refractivity contribution >= 4 is 11.9 Å². The number of amides is 1. The predicted octanol–water partition coefficient (Wildman–Crippen LogP) is 2.80. The first-order valence-corrected chi connectivity index (χ1v) is 7.64. The van der Waals surface area contributed by atoms with Gasteiger partial charge in [0.15, 0.2) is 0 Å². The molecule has 2 saturated carbocycles. The molecular formula is C15H24N4O. The number of rotatable bonds is 3. The number of hydrogen-bond donors (Lipinski definition) is 1. The average Bonchev–Trinajstić information content (AvgIpc) is 3.02. The van der Waals surface area contributed by atoms with E-state index < -0.39 is 0 Å². The van der Waals surface area contributed by atoms with Gasteiger partial charge in [-0.25, -0.2) is 4.68 Å². The number of nitrogens with one attached hydrogen (secondary N) is 1. The molecular weight excluding hydrogens is 252 g/mol. The van der Waals surface area contributed by atoms with Crippen LogP contribution in [-0.2, 0) is 10.3 Å². The van der Waals surface area contributed by atoms with Crippen molar-refractivity contribution in [3.8, 4) is 0 Å². The van der Waals surface area contributed by atoms with Gasteiger partial charge in [0.2, 0.25) is 11.9 Å². The van der Waals surface area contributed by atoms with Gasteiger partial charge < -0.3 is 0 Å². The van der Waals surface area contributed by atoms with Crippen LogP contribution in [-0.4, -0.2) is 20.7 Å². The van der Waals surface area contributed by atoms with Gasteiger partial charge in [-0.3, -0.25) is 10.1 Å². The van der Waals surface area contributed by atoms with Crippen LogP contribution in [0.2, 0.25) is 0 Å². The van der Waals surface area contributed by atoms with Crippen LogP contribution in [0.15, 0.2) is 6.33 Å². The molecule has 0 radical (unpaired) electrons. The summed E-state index contributed by atoms with van der Waals surface area (Å²) in [5, 5.41) is 7.14. The van der Waals surface area contributed by atoms with Gasteiger partial charge in [-0.1, -0.05) is 6.42 Å². The Morgan fingerprint density at radius 3 is 2.80 bits per heavy atom. The number of carbonyl (C=O) groups is 1. The first-order valence-electron chi connectivity index (χ1n) is 7.64. The SMILES string of the molecule is CC(C)(C)n1ncnc1NC(=O)CC1CC2CCC1C2. The molecule has 0 spiro atoms. The normalized spacial score (nSPS) is 28.9. The molecule has 5 nitrogen and oxygen atoms in total. The van der Waals surface area contributed by atoms with E-state index in [9.17, 15) is 4.79 Å². The second-order valence-corrected chi connectivity index (χ2v) is 7.35. The Hall–Kier alpha value is -1.39. The number of anilines is 1. The largest absolute Gasteiger partial charge is 0.295 e. The maximum atomic E-state index is 12.2. The third-order valence-electron chi connectivity index (χ3n) is 4.77. The second kappa shape index (κ2) is 4.86. The third kappa shape index (κ3) is 2.58. The molecule has 2 aliphatic carbocycles. The zero-order chi connectivity index (χ0) is 14.3. The maximum Gasteiger partial charge on any atom is 0.228 e. The van der Waals surface area contributed by atoms with Crippen molar-refractivity contribution < 1.29 is 4.79 Å². The summed E-state index contributed by atoms with van der Waals surface area (Å²) >= 11 is 0. The zero-order valence-corrected chi connectivity index (χ0v) is 12.6. The Morgan fingerprint density at radius 1 is 1.40 bits per heavy atom. The van der Waals surface area contributed by atoms with E-state index in [-0.39, 0.29) is 11.4 Å². The smallest absolute Gasteiger partial charge is 0.228 e. The van der Waals surface area contributed by atoms with Crippen molar-refractivity contribution in [3.05, 3.63) is 6.33 Å². The second-order valence-electron chi connectivity index (χ2n) is 7.35. The van der Waals surface area contributed by atoms with E-state index in [0.717, 1.165) is 11.8 Å². The number of carbonyl (C=O) groups excluding carboxylic acids is 1. The van der Waals surface area contributed by atoms with Crippen molar-refractivity contribution in [2.75, 3.05) is 5.32 Å². The first-order chi connectivity index (χ1) is 9.43.